The summed E-state index contributed by atoms with van der Waals surface area (Å²) in [5.74, 6) is -1.19. The van der Waals surface area contributed by atoms with E-state index in [1.54, 1.807) is 35.5 Å². The molecule has 0 saturated heterocycles. The molecular formula is C22H23Cl3N2O4S. The Morgan fingerprint density at radius 2 is 1.97 bits per heavy atom. The van der Waals surface area contributed by atoms with E-state index in [-0.39, 0.29) is 28.4 Å². The zero-order valence-electron chi connectivity index (χ0n) is 18.0. The van der Waals surface area contributed by atoms with Gasteiger partial charge in [-0.15, -0.1) is 22.9 Å². The molecule has 172 valence electrons. The van der Waals surface area contributed by atoms with Crippen LogP contribution < -0.4 is 4.90 Å². The number of hydrogen-bond acceptors (Lipinski definition) is 5. The van der Waals surface area contributed by atoms with Gasteiger partial charge in [0, 0.05) is 23.6 Å². The van der Waals surface area contributed by atoms with Crippen molar-refractivity contribution < 1.29 is 19.4 Å². The summed E-state index contributed by atoms with van der Waals surface area (Å²) in [6.45, 7) is 6.48. The number of halogens is 3. The third-order valence-corrected chi connectivity index (χ3v) is 6.34. The van der Waals surface area contributed by atoms with Gasteiger partial charge in [0.25, 0.3) is 0 Å². The van der Waals surface area contributed by atoms with Crippen LogP contribution in [0, 0.1) is 13.8 Å². The molecule has 2 heterocycles. The molecule has 0 fully saturated rings. The molecule has 2 aromatic heterocycles. The molecular weight excluding hydrogens is 495 g/mol. The number of aromatic carboxylic acids is 1. The second-order valence-corrected chi connectivity index (χ2v) is 9.17. The van der Waals surface area contributed by atoms with Gasteiger partial charge in [-0.2, -0.15) is 0 Å². The van der Waals surface area contributed by atoms with Crippen LogP contribution in [0.25, 0.3) is 10.9 Å². The molecule has 0 aliphatic heterocycles. The fourth-order valence-corrected chi connectivity index (χ4v) is 4.61. The van der Waals surface area contributed by atoms with Crippen LogP contribution in [0.15, 0.2) is 29.8 Å². The predicted octanol–water partition coefficient (Wildman–Crippen LogP) is 6.21. The lowest BCUT2D eigenvalue weighted by Gasteiger charge is -2.29. The largest absolute Gasteiger partial charge is 0.478 e. The Hall–Kier alpha value is -1.90. The van der Waals surface area contributed by atoms with Gasteiger partial charge in [0.2, 0.25) is 5.91 Å². The molecule has 3 aromatic rings. The van der Waals surface area contributed by atoms with Crippen molar-refractivity contribution in [3.63, 3.8) is 0 Å². The number of amides is 1. The molecule has 0 radical (unpaired) electrons. The third kappa shape index (κ3) is 6.11. The average Bonchev–Trinajstić information content (AvgIpc) is 3.07. The highest BCUT2D eigenvalue weighted by molar-refractivity contribution is 7.10. The van der Waals surface area contributed by atoms with Gasteiger partial charge in [-0.05, 0) is 43.8 Å². The number of aromatic nitrogens is 1. The predicted molar refractivity (Wildman–Crippen MR) is 132 cm³/mol. The van der Waals surface area contributed by atoms with Crippen molar-refractivity contribution in [2.75, 3.05) is 24.5 Å². The topological polar surface area (TPSA) is 79.7 Å². The lowest BCUT2D eigenvalue weighted by molar-refractivity contribution is -0.116. The van der Waals surface area contributed by atoms with Crippen LogP contribution in [0.3, 0.4) is 0 Å². The summed E-state index contributed by atoms with van der Waals surface area (Å²) in [4.78, 5) is 29.8. The maximum Gasteiger partial charge on any atom is 0.339 e. The number of methoxy groups -OCH3 is 1. The summed E-state index contributed by atoms with van der Waals surface area (Å²) in [6.07, 6.45) is 1.40. The molecule has 0 bridgehead atoms. The molecule has 10 heteroatoms. The minimum atomic E-state index is -1.10. The molecule has 1 amide bonds. The van der Waals surface area contributed by atoms with Crippen LogP contribution in [0.2, 0.25) is 10.0 Å². The third-order valence-electron chi connectivity index (χ3n) is 4.57. The SMILES string of the molecule is COCC(C)N(C(=O)CCl)c1c(C)csc1C.O=C(O)c1c(Cl)ccc2cc(Cl)cnc12. The number of carboxylic acids is 1. The van der Waals surface area contributed by atoms with E-state index in [1.807, 2.05) is 20.8 Å². The second-order valence-electron chi connectivity index (χ2n) is 6.98. The molecule has 0 spiro atoms. The zero-order valence-corrected chi connectivity index (χ0v) is 21.1. The van der Waals surface area contributed by atoms with E-state index >= 15 is 0 Å². The average molecular weight is 518 g/mol. The Bertz CT molecular complexity index is 1100. The number of alkyl halides is 1. The lowest BCUT2D eigenvalue weighted by atomic mass is 10.1. The number of carbonyl (C=O) groups excluding carboxylic acids is 1. The maximum absolute atomic E-state index is 12.0. The van der Waals surface area contributed by atoms with Crippen molar-refractivity contribution in [2.24, 2.45) is 0 Å². The Balaban J connectivity index is 0.000000228. The Morgan fingerprint density at radius 1 is 1.28 bits per heavy atom. The first-order valence-corrected chi connectivity index (χ1v) is 11.7. The van der Waals surface area contributed by atoms with E-state index < -0.39 is 5.97 Å². The van der Waals surface area contributed by atoms with E-state index in [9.17, 15) is 9.59 Å². The molecule has 6 nitrogen and oxygen atoms in total. The van der Waals surface area contributed by atoms with Crippen molar-refractivity contribution in [3.05, 3.63) is 55.8 Å². The Morgan fingerprint density at radius 3 is 2.50 bits per heavy atom. The molecule has 1 N–H and O–H groups in total. The van der Waals surface area contributed by atoms with Crippen molar-refractivity contribution in [3.8, 4) is 0 Å². The van der Waals surface area contributed by atoms with Crippen LogP contribution in [0.4, 0.5) is 5.69 Å². The number of rotatable bonds is 6. The number of thiophene rings is 1. The van der Waals surface area contributed by atoms with Gasteiger partial charge in [0.1, 0.15) is 11.4 Å². The van der Waals surface area contributed by atoms with Gasteiger partial charge < -0.3 is 14.7 Å². The van der Waals surface area contributed by atoms with Crippen LogP contribution in [0.1, 0.15) is 27.7 Å². The molecule has 32 heavy (non-hydrogen) atoms. The number of carboxylic acid groups (broad SMARTS) is 1. The standard InChI is InChI=1S/C12H18ClNO2S.C10H5Cl2NO2/c1-8-7-17-10(3)12(8)14(11(15)5-13)9(2)6-16-4;11-6-3-5-1-2-7(12)8(10(14)15)9(5)13-4-6/h7,9H,5-6H2,1-4H3;1-4H,(H,14,15). The first-order chi connectivity index (χ1) is 15.1. The number of aryl methyl sites for hydroxylation is 2. The smallest absolute Gasteiger partial charge is 0.339 e. The van der Waals surface area contributed by atoms with E-state index in [0.29, 0.717) is 22.5 Å². The zero-order chi connectivity index (χ0) is 24.0. The number of fused-ring (bicyclic) bond motifs is 1. The fourth-order valence-electron chi connectivity index (χ4n) is 3.25. The minimum absolute atomic E-state index is 0.00540. The maximum atomic E-state index is 12.0. The molecule has 0 aliphatic rings. The summed E-state index contributed by atoms with van der Waals surface area (Å²) in [5, 5.41) is 12.3. The summed E-state index contributed by atoms with van der Waals surface area (Å²) in [6, 6.07) is 4.83. The van der Waals surface area contributed by atoms with Crippen LogP contribution in [0.5, 0.6) is 0 Å². The number of carbonyl (C=O) groups is 2. The number of pyridine rings is 1. The highest BCUT2D eigenvalue weighted by atomic mass is 35.5. The van der Waals surface area contributed by atoms with Gasteiger partial charge in [-0.25, -0.2) is 4.79 Å². The quantitative estimate of drug-likeness (QED) is 0.393. The highest BCUT2D eigenvalue weighted by Crippen LogP contribution is 2.32. The number of hydrogen-bond donors (Lipinski definition) is 1. The van der Waals surface area contributed by atoms with E-state index in [4.69, 9.17) is 44.6 Å². The number of anilines is 1. The molecule has 1 atom stereocenters. The van der Waals surface area contributed by atoms with Gasteiger partial charge in [0.05, 0.1) is 33.9 Å². The van der Waals surface area contributed by atoms with Crippen molar-refractivity contribution in [1.82, 2.24) is 4.98 Å². The molecule has 1 aromatic carbocycles. The molecule has 0 aliphatic carbocycles. The van der Waals surface area contributed by atoms with Crippen LogP contribution >= 0.6 is 46.1 Å². The van der Waals surface area contributed by atoms with Gasteiger partial charge in [-0.1, -0.05) is 29.3 Å². The summed E-state index contributed by atoms with van der Waals surface area (Å²) >= 11 is 18.9. The first kappa shape index (κ1) is 26.4. The first-order valence-electron chi connectivity index (χ1n) is 9.51. The number of ether oxygens (including phenoxy) is 1. The van der Waals surface area contributed by atoms with Gasteiger partial charge in [0.15, 0.2) is 0 Å². The van der Waals surface area contributed by atoms with Crippen LogP contribution in [-0.4, -0.2) is 47.6 Å². The molecule has 3 rings (SSSR count). The van der Waals surface area contributed by atoms with Crippen LogP contribution in [-0.2, 0) is 9.53 Å². The van der Waals surface area contributed by atoms with Crippen molar-refractivity contribution in [2.45, 2.75) is 26.8 Å². The monoisotopic (exact) mass is 516 g/mol. The Labute approximate surface area is 205 Å². The van der Waals surface area contributed by atoms with E-state index in [2.05, 4.69) is 10.4 Å². The van der Waals surface area contributed by atoms with Crippen molar-refractivity contribution in [1.29, 1.82) is 0 Å². The van der Waals surface area contributed by atoms with Gasteiger partial charge in [-0.3, -0.25) is 9.78 Å². The molecule has 1 unspecified atom stereocenters. The second kappa shape index (κ2) is 11.8. The summed E-state index contributed by atoms with van der Waals surface area (Å²) < 4.78 is 5.12. The van der Waals surface area contributed by atoms with E-state index in [0.717, 1.165) is 16.1 Å². The Kier molecular flexibility index (Phi) is 9.73. The lowest BCUT2D eigenvalue weighted by Crippen LogP contribution is -2.42. The van der Waals surface area contributed by atoms with E-state index in [1.165, 1.54) is 12.3 Å². The van der Waals surface area contributed by atoms with Gasteiger partial charge >= 0.3 is 5.97 Å². The summed E-state index contributed by atoms with van der Waals surface area (Å²) in [5.41, 5.74) is 2.43. The highest BCUT2D eigenvalue weighted by Gasteiger charge is 2.25. The number of benzene rings is 1. The number of nitrogens with zero attached hydrogens (tertiary/aromatic N) is 2. The van der Waals surface area contributed by atoms with Crippen molar-refractivity contribution >= 4 is 74.6 Å². The minimum Gasteiger partial charge on any atom is -0.478 e. The fraction of sp³-hybridized carbons (Fsp3) is 0.318. The normalized spacial score (nSPS) is 11.6. The molecule has 0 saturated carbocycles. The summed E-state index contributed by atoms with van der Waals surface area (Å²) in [7, 11) is 1.63.